The highest BCUT2D eigenvalue weighted by atomic mass is 16.6. The van der Waals surface area contributed by atoms with Crippen LogP contribution in [0.2, 0.25) is 0 Å². The molecule has 1 aliphatic rings. The summed E-state index contributed by atoms with van der Waals surface area (Å²) in [5.74, 6) is -0.203. The molecule has 3 rings (SSSR count). The maximum Gasteiger partial charge on any atom is 0.338 e. The molecule has 1 heterocycles. The van der Waals surface area contributed by atoms with Crippen molar-refractivity contribution in [1.82, 2.24) is 0 Å². The summed E-state index contributed by atoms with van der Waals surface area (Å²) in [6.07, 6.45) is 0.452. The number of hydrogen-bond donors (Lipinski definition) is 0. The van der Waals surface area contributed by atoms with Crippen LogP contribution in [0.25, 0.3) is 0 Å². The SMILES string of the molecule is Cc1cccc(OCCOC(=O)c2ccc(N3C(=O)CCC3=O)cc2)c1. The van der Waals surface area contributed by atoms with Crippen molar-refractivity contribution >= 4 is 23.5 Å². The lowest BCUT2D eigenvalue weighted by Crippen LogP contribution is -2.28. The second kappa shape index (κ2) is 7.82. The highest BCUT2D eigenvalue weighted by molar-refractivity contribution is 6.19. The molecule has 0 atom stereocenters. The summed E-state index contributed by atoms with van der Waals surface area (Å²) < 4.78 is 10.7. The molecule has 0 aromatic heterocycles. The maximum atomic E-state index is 12.0. The third-order valence-electron chi connectivity index (χ3n) is 3.99. The Kier molecular flexibility index (Phi) is 5.31. The lowest BCUT2D eigenvalue weighted by Gasteiger charge is -2.14. The van der Waals surface area contributed by atoms with E-state index in [0.29, 0.717) is 11.3 Å². The van der Waals surface area contributed by atoms with Gasteiger partial charge in [0, 0.05) is 12.8 Å². The first kappa shape index (κ1) is 17.7. The first-order valence-corrected chi connectivity index (χ1v) is 8.37. The van der Waals surface area contributed by atoms with Gasteiger partial charge in [-0.05, 0) is 48.9 Å². The van der Waals surface area contributed by atoms with E-state index in [1.165, 1.54) is 12.1 Å². The van der Waals surface area contributed by atoms with E-state index in [1.54, 1.807) is 12.1 Å². The van der Waals surface area contributed by atoms with Crippen LogP contribution >= 0.6 is 0 Å². The van der Waals surface area contributed by atoms with Gasteiger partial charge in [0.15, 0.2) is 0 Å². The molecule has 2 aromatic carbocycles. The van der Waals surface area contributed by atoms with E-state index in [2.05, 4.69) is 0 Å². The van der Waals surface area contributed by atoms with Crippen molar-refractivity contribution in [2.24, 2.45) is 0 Å². The molecule has 26 heavy (non-hydrogen) atoms. The van der Waals surface area contributed by atoms with Gasteiger partial charge in [0.05, 0.1) is 11.3 Å². The Balaban J connectivity index is 1.50. The summed E-state index contributed by atoms with van der Waals surface area (Å²) >= 11 is 0. The molecule has 0 radical (unpaired) electrons. The Morgan fingerprint density at radius 1 is 1.00 bits per heavy atom. The molecule has 1 aliphatic heterocycles. The van der Waals surface area contributed by atoms with Gasteiger partial charge in [-0.3, -0.25) is 14.5 Å². The zero-order valence-electron chi connectivity index (χ0n) is 14.4. The number of rotatable bonds is 6. The minimum Gasteiger partial charge on any atom is -0.490 e. The normalized spacial score (nSPS) is 13.8. The molecule has 0 unspecified atom stereocenters. The van der Waals surface area contributed by atoms with E-state index in [1.807, 2.05) is 31.2 Å². The molecule has 6 heteroatoms. The van der Waals surface area contributed by atoms with Crippen LogP contribution in [0, 0.1) is 6.92 Å². The zero-order valence-corrected chi connectivity index (χ0v) is 14.4. The summed E-state index contributed by atoms with van der Waals surface area (Å²) in [7, 11) is 0. The molecular formula is C20H19NO5. The fraction of sp³-hybridized carbons (Fsp3) is 0.250. The first-order chi connectivity index (χ1) is 12.5. The van der Waals surface area contributed by atoms with Crippen molar-refractivity contribution < 1.29 is 23.9 Å². The monoisotopic (exact) mass is 353 g/mol. The van der Waals surface area contributed by atoms with Crippen LogP contribution in [0.3, 0.4) is 0 Å². The molecule has 1 fully saturated rings. The van der Waals surface area contributed by atoms with Gasteiger partial charge < -0.3 is 9.47 Å². The third kappa shape index (κ3) is 4.08. The number of nitrogens with zero attached hydrogens (tertiary/aromatic N) is 1. The zero-order chi connectivity index (χ0) is 18.5. The van der Waals surface area contributed by atoms with Crippen molar-refractivity contribution in [3.05, 3.63) is 59.7 Å². The summed E-state index contributed by atoms with van der Waals surface area (Å²) in [5.41, 5.74) is 1.91. The van der Waals surface area contributed by atoms with Crippen LogP contribution in [0.1, 0.15) is 28.8 Å². The average Bonchev–Trinajstić information content (AvgIpc) is 2.97. The summed E-state index contributed by atoms with van der Waals surface area (Å²) in [5, 5.41) is 0. The first-order valence-electron chi connectivity index (χ1n) is 8.37. The van der Waals surface area contributed by atoms with E-state index in [4.69, 9.17) is 9.47 Å². The molecule has 6 nitrogen and oxygen atoms in total. The number of carbonyl (C=O) groups excluding carboxylic acids is 3. The number of anilines is 1. The van der Waals surface area contributed by atoms with Crippen LogP contribution < -0.4 is 9.64 Å². The Morgan fingerprint density at radius 2 is 1.69 bits per heavy atom. The number of benzene rings is 2. The number of imide groups is 1. The predicted octanol–water partition coefficient (Wildman–Crippen LogP) is 2.88. The Bertz CT molecular complexity index is 812. The van der Waals surface area contributed by atoms with E-state index < -0.39 is 5.97 Å². The number of aryl methyl sites for hydroxylation is 1. The van der Waals surface area contributed by atoms with Gasteiger partial charge in [-0.15, -0.1) is 0 Å². The minimum atomic E-state index is -0.483. The Labute approximate surface area is 151 Å². The fourth-order valence-corrected chi connectivity index (χ4v) is 2.69. The Morgan fingerprint density at radius 3 is 2.35 bits per heavy atom. The number of carbonyl (C=O) groups is 3. The standard InChI is InChI=1S/C20H19NO5/c1-14-3-2-4-17(13-14)25-11-12-26-20(24)15-5-7-16(8-6-15)21-18(22)9-10-19(21)23/h2-8,13H,9-12H2,1H3. The fourth-order valence-electron chi connectivity index (χ4n) is 2.69. The molecule has 0 spiro atoms. The average molecular weight is 353 g/mol. The lowest BCUT2D eigenvalue weighted by atomic mass is 10.2. The third-order valence-corrected chi connectivity index (χ3v) is 3.99. The minimum absolute atomic E-state index is 0.123. The number of amides is 2. The van der Waals surface area contributed by atoms with Crippen molar-refractivity contribution in [1.29, 1.82) is 0 Å². The van der Waals surface area contributed by atoms with Gasteiger partial charge in [-0.2, -0.15) is 0 Å². The smallest absolute Gasteiger partial charge is 0.338 e. The second-order valence-electron chi connectivity index (χ2n) is 5.97. The molecule has 2 amide bonds. The van der Waals surface area contributed by atoms with Crippen LogP contribution in [-0.4, -0.2) is 31.0 Å². The van der Waals surface area contributed by atoms with Crippen molar-refractivity contribution in [3.8, 4) is 5.75 Å². The van der Waals surface area contributed by atoms with Crippen LogP contribution in [0.4, 0.5) is 5.69 Å². The Hall–Kier alpha value is -3.15. The van der Waals surface area contributed by atoms with Crippen molar-refractivity contribution in [2.45, 2.75) is 19.8 Å². The number of hydrogen-bond acceptors (Lipinski definition) is 5. The van der Waals surface area contributed by atoms with E-state index >= 15 is 0 Å². The quantitative estimate of drug-likeness (QED) is 0.454. The van der Waals surface area contributed by atoms with Crippen LogP contribution in [0.5, 0.6) is 5.75 Å². The number of esters is 1. The molecule has 134 valence electrons. The largest absolute Gasteiger partial charge is 0.490 e. The van der Waals surface area contributed by atoms with E-state index in [9.17, 15) is 14.4 Å². The van der Waals surface area contributed by atoms with Crippen molar-refractivity contribution in [3.63, 3.8) is 0 Å². The molecule has 0 bridgehead atoms. The van der Waals surface area contributed by atoms with E-state index in [-0.39, 0.29) is 37.9 Å². The van der Waals surface area contributed by atoms with Gasteiger partial charge in [-0.25, -0.2) is 4.79 Å². The summed E-state index contributed by atoms with van der Waals surface area (Å²) in [6, 6.07) is 13.8. The molecule has 0 aliphatic carbocycles. The topological polar surface area (TPSA) is 72.9 Å². The highest BCUT2D eigenvalue weighted by Crippen LogP contribution is 2.23. The summed E-state index contributed by atoms with van der Waals surface area (Å²) in [4.78, 5) is 36.6. The molecule has 1 saturated heterocycles. The van der Waals surface area contributed by atoms with E-state index in [0.717, 1.165) is 16.2 Å². The van der Waals surface area contributed by atoms with Gasteiger partial charge in [-0.1, -0.05) is 12.1 Å². The van der Waals surface area contributed by atoms with Gasteiger partial charge in [0.1, 0.15) is 19.0 Å². The van der Waals surface area contributed by atoms with Crippen LogP contribution in [0.15, 0.2) is 48.5 Å². The second-order valence-corrected chi connectivity index (χ2v) is 5.97. The van der Waals surface area contributed by atoms with Gasteiger partial charge in [0.2, 0.25) is 11.8 Å². The van der Waals surface area contributed by atoms with Crippen LogP contribution in [-0.2, 0) is 14.3 Å². The van der Waals surface area contributed by atoms with Gasteiger partial charge in [0.25, 0.3) is 0 Å². The molecule has 0 N–H and O–H groups in total. The van der Waals surface area contributed by atoms with Crippen molar-refractivity contribution in [2.75, 3.05) is 18.1 Å². The predicted molar refractivity (Wildman–Crippen MR) is 95.1 cm³/mol. The highest BCUT2D eigenvalue weighted by Gasteiger charge is 2.30. The van der Waals surface area contributed by atoms with Gasteiger partial charge >= 0.3 is 5.97 Å². The lowest BCUT2D eigenvalue weighted by molar-refractivity contribution is -0.121. The molecule has 2 aromatic rings. The molecule has 0 saturated carbocycles. The number of ether oxygens (including phenoxy) is 2. The maximum absolute atomic E-state index is 12.0. The summed E-state index contributed by atoms with van der Waals surface area (Å²) in [6.45, 7) is 2.35. The molecular weight excluding hydrogens is 334 g/mol.